The van der Waals surface area contributed by atoms with Crippen molar-refractivity contribution in [1.82, 2.24) is 0 Å². The molecule has 170 valence electrons. The Labute approximate surface area is 200 Å². The van der Waals surface area contributed by atoms with Crippen LogP contribution in [0.25, 0.3) is 0 Å². The van der Waals surface area contributed by atoms with Crippen molar-refractivity contribution < 1.29 is 29.2 Å². The van der Waals surface area contributed by atoms with Crippen LogP contribution in [-0.4, -0.2) is 47.7 Å². The molecule has 1 heterocycles. The van der Waals surface area contributed by atoms with E-state index >= 15 is 0 Å². The minimum Gasteiger partial charge on any atom is -0.379 e. The van der Waals surface area contributed by atoms with Gasteiger partial charge in [-0.05, 0) is 42.3 Å². The van der Waals surface area contributed by atoms with E-state index < -0.39 is 23.8 Å². The van der Waals surface area contributed by atoms with Crippen molar-refractivity contribution in [1.29, 1.82) is 0 Å². The monoisotopic (exact) mass is 510 g/mol. The zero-order valence-corrected chi connectivity index (χ0v) is 19.8. The first-order chi connectivity index (χ1) is 14.6. The van der Waals surface area contributed by atoms with Crippen molar-refractivity contribution >= 4 is 46.4 Å². The fourth-order valence-corrected chi connectivity index (χ4v) is 4.24. The summed E-state index contributed by atoms with van der Waals surface area (Å²) in [4.78, 5) is 0. The van der Waals surface area contributed by atoms with Gasteiger partial charge in [0.05, 0.1) is 19.8 Å². The molecule has 4 atom stereocenters. The molecule has 0 aliphatic carbocycles. The number of aliphatic hydroxyl groups is 2. The van der Waals surface area contributed by atoms with E-state index in [-0.39, 0.29) is 19.8 Å². The Kier molecular flexibility index (Phi) is 8.14. The van der Waals surface area contributed by atoms with Crippen LogP contribution in [0.5, 0.6) is 0 Å². The molecular weight excluding hydrogens is 490 g/mol. The molecule has 1 aliphatic heterocycles. The van der Waals surface area contributed by atoms with Crippen LogP contribution >= 0.6 is 46.4 Å². The average Bonchev–Trinajstić information content (AvgIpc) is 2.89. The van der Waals surface area contributed by atoms with E-state index in [1.807, 2.05) is 0 Å². The van der Waals surface area contributed by atoms with Crippen molar-refractivity contribution in [2.45, 2.75) is 43.9 Å². The third-order valence-corrected chi connectivity index (χ3v) is 6.28. The van der Waals surface area contributed by atoms with Crippen molar-refractivity contribution in [3.8, 4) is 0 Å². The van der Waals surface area contributed by atoms with Gasteiger partial charge in [-0.15, -0.1) is 0 Å². The first-order valence-corrected chi connectivity index (χ1v) is 10.8. The van der Waals surface area contributed by atoms with Gasteiger partial charge in [0, 0.05) is 27.2 Å². The maximum atomic E-state index is 11.0. The molecule has 1 unspecified atom stereocenters. The van der Waals surface area contributed by atoms with Gasteiger partial charge in [-0.3, -0.25) is 0 Å². The van der Waals surface area contributed by atoms with Gasteiger partial charge in [0.2, 0.25) is 0 Å². The third-order valence-electron chi connectivity index (χ3n) is 5.11. The van der Waals surface area contributed by atoms with E-state index in [1.54, 1.807) is 36.4 Å². The summed E-state index contributed by atoms with van der Waals surface area (Å²) in [5.41, 5.74) is -0.516. The van der Waals surface area contributed by atoms with Gasteiger partial charge < -0.3 is 29.2 Å². The van der Waals surface area contributed by atoms with Gasteiger partial charge in [-0.2, -0.15) is 0 Å². The molecule has 31 heavy (non-hydrogen) atoms. The summed E-state index contributed by atoms with van der Waals surface area (Å²) >= 11 is 24.2. The Morgan fingerprint density at radius 2 is 1.48 bits per heavy atom. The van der Waals surface area contributed by atoms with Crippen LogP contribution < -0.4 is 0 Å². The number of rotatable bonds is 8. The van der Waals surface area contributed by atoms with Gasteiger partial charge in [0.15, 0.2) is 5.60 Å². The van der Waals surface area contributed by atoms with Crippen molar-refractivity contribution in [3.63, 3.8) is 0 Å². The second kappa shape index (κ2) is 10.1. The number of ether oxygens (including phenoxy) is 4. The highest BCUT2D eigenvalue weighted by atomic mass is 35.5. The summed E-state index contributed by atoms with van der Waals surface area (Å²) in [5.74, 6) is -2.28. The highest BCUT2D eigenvalue weighted by molar-refractivity contribution is 6.35. The van der Waals surface area contributed by atoms with Crippen LogP contribution in [-0.2, 0) is 32.2 Å². The summed E-state index contributed by atoms with van der Waals surface area (Å²) in [6.45, 7) is 1.55. The molecule has 2 aromatic rings. The van der Waals surface area contributed by atoms with Crippen LogP contribution in [0.2, 0.25) is 20.1 Å². The zero-order valence-electron chi connectivity index (χ0n) is 16.8. The lowest BCUT2D eigenvalue weighted by atomic mass is 9.95. The summed E-state index contributed by atoms with van der Waals surface area (Å²) in [7, 11) is 1.22. The molecule has 6 nitrogen and oxygen atoms in total. The molecule has 1 saturated heterocycles. The van der Waals surface area contributed by atoms with Crippen LogP contribution in [0.15, 0.2) is 36.4 Å². The Hall–Kier alpha value is -0.640. The summed E-state index contributed by atoms with van der Waals surface area (Å²) in [6, 6.07) is 10.0. The molecular formula is C21H22Cl4O6. The number of hydrogen-bond acceptors (Lipinski definition) is 6. The molecule has 10 heteroatoms. The average molecular weight is 512 g/mol. The summed E-state index contributed by atoms with van der Waals surface area (Å²) < 4.78 is 22.2. The second-order valence-corrected chi connectivity index (χ2v) is 9.00. The molecule has 0 bridgehead atoms. The Bertz CT molecular complexity index is 925. The molecule has 2 N–H and O–H groups in total. The number of hydrogen-bond donors (Lipinski definition) is 2. The van der Waals surface area contributed by atoms with Crippen LogP contribution in [0.1, 0.15) is 18.1 Å². The molecule has 2 aromatic carbocycles. The number of methoxy groups -OCH3 is 1. The minimum absolute atomic E-state index is 0.0141. The predicted octanol–water partition coefficient (Wildman–Crippen LogP) is 4.84. The number of halogens is 4. The molecule has 0 aromatic heterocycles. The molecule has 1 aliphatic rings. The highest BCUT2D eigenvalue weighted by Gasteiger charge is 2.64. The molecule has 3 rings (SSSR count). The Balaban J connectivity index is 1.71. The maximum Gasteiger partial charge on any atom is 0.313 e. The normalized spacial score (nSPS) is 28.3. The lowest BCUT2D eigenvalue weighted by Crippen LogP contribution is -2.56. The van der Waals surface area contributed by atoms with E-state index in [9.17, 15) is 10.2 Å². The lowest BCUT2D eigenvalue weighted by Gasteiger charge is -2.33. The van der Waals surface area contributed by atoms with Gasteiger partial charge in [-0.25, -0.2) is 0 Å². The fraction of sp³-hybridized carbons (Fsp3) is 0.429. The molecule has 0 radical (unpaired) electrons. The lowest BCUT2D eigenvalue weighted by molar-refractivity contribution is -0.392. The topological polar surface area (TPSA) is 77.4 Å². The van der Waals surface area contributed by atoms with Gasteiger partial charge in [0.1, 0.15) is 12.2 Å². The molecule has 0 spiro atoms. The molecule has 0 amide bonds. The largest absolute Gasteiger partial charge is 0.379 e. The van der Waals surface area contributed by atoms with Crippen LogP contribution in [0.4, 0.5) is 0 Å². The SMILES string of the molecule is COC1(O)O[C@H](COCc2ccc(Cl)cc2Cl)[C@@H](OCc2ccc(Cl)cc2Cl)[C@@]1(C)O. The van der Waals surface area contributed by atoms with E-state index in [0.29, 0.717) is 25.7 Å². The third kappa shape index (κ3) is 5.47. The zero-order chi connectivity index (χ0) is 22.8. The highest BCUT2D eigenvalue weighted by Crippen LogP contribution is 2.41. The van der Waals surface area contributed by atoms with Gasteiger partial charge in [-0.1, -0.05) is 58.5 Å². The molecule has 0 saturated carbocycles. The van der Waals surface area contributed by atoms with Crippen LogP contribution in [0, 0.1) is 0 Å². The molecule has 1 fully saturated rings. The van der Waals surface area contributed by atoms with Crippen molar-refractivity contribution in [2.75, 3.05) is 13.7 Å². The van der Waals surface area contributed by atoms with E-state index in [0.717, 1.165) is 5.56 Å². The van der Waals surface area contributed by atoms with Gasteiger partial charge >= 0.3 is 5.97 Å². The van der Waals surface area contributed by atoms with E-state index in [2.05, 4.69) is 0 Å². The van der Waals surface area contributed by atoms with Crippen molar-refractivity contribution in [2.24, 2.45) is 0 Å². The minimum atomic E-state index is -2.28. The number of benzene rings is 2. The quantitative estimate of drug-likeness (QED) is 0.493. The van der Waals surface area contributed by atoms with Gasteiger partial charge in [0.25, 0.3) is 0 Å². The predicted molar refractivity (Wildman–Crippen MR) is 119 cm³/mol. The fourth-order valence-electron chi connectivity index (χ4n) is 3.32. The second-order valence-electron chi connectivity index (χ2n) is 7.31. The van der Waals surface area contributed by atoms with E-state index in [1.165, 1.54) is 14.0 Å². The maximum absolute atomic E-state index is 11.0. The first-order valence-electron chi connectivity index (χ1n) is 9.32. The smallest absolute Gasteiger partial charge is 0.313 e. The summed E-state index contributed by atoms with van der Waals surface area (Å²) in [5, 5.41) is 23.5. The van der Waals surface area contributed by atoms with E-state index in [4.69, 9.17) is 65.4 Å². The Morgan fingerprint density at radius 1 is 0.935 bits per heavy atom. The summed E-state index contributed by atoms with van der Waals surface area (Å²) in [6.07, 6.45) is -1.85. The van der Waals surface area contributed by atoms with Crippen LogP contribution in [0.3, 0.4) is 0 Å². The Morgan fingerprint density at radius 3 is 2.00 bits per heavy atom. The standard InChI is InChI=1S/C21H22Cl4O6/c1-20(26)19(30-10-13-4-6-15(23)8-17(13)25)18(31-21(20,27)28-2)11-29-9-12-3-5-14(22)7-16(12)24/h3-8,18-19,26-27H,9-11H2,1-2H3/t18-,19-,20-,21?/m1/s1. The van der Waals surface area contributed by atoms with Crippen molar-refractivity contribution in [3.05, 3.63) is 67.6 Å². The first kappa shape index (κ1) is 25.0.